The number of alkyl halides is 3. The summed E-state index contributed by atoms with van der Waals surface area (Å²) in [5.41, 5.74) is 0.538. The lowest BCUT2D eigenvalue weighted by molar-refractivity contribution is -0.274. The van der Waals surface area contributed by atoms with Crippen LogP contribution in [0.2, 0.25) is 0 Å². The molecular weight excluding hydrogens is 273 g/mol. The van der Waals surface area contributed by atoms with Crippen molar-refractivity contribution in [2.24, 2.45) is 0 Å². The van der Waals surface area contributed by atoms with E-state index in [2.05, 4.69) is 20.7 Å². The molecule has 0 aliphatic carbocycles. The van der Waals surface area contributed by atoms with E-state index in [0.29, 0.717) is 10.0 Å². The second kappa shape index (κ2) is 4.43. The van der Waals surface area contributed by atoms with Gasteiger partial charge in [-0.3, -0.25) is 0 Å². The third-order valence-electron chi connectivity index (χ3n) is 1.82. The van der Waals surface area contributed by atoms with Crippen molar-refractivity contribution in [2.45, 2.75) is 26.1 Å². The van der Waals surface area contributed by atoms with E-state index in [1.165, 1.54) is 6.07 Å². The quantitative estimate of drug-likeness (QED) is 0.778. The molecule has 0 atom stereocenters. The van der Waals surface area contributed by atoms with Gasteiger partial charge in [-0.05, 0) is 23.6 Å². The van der Waals surface area contributed by atoms with Crippen molar-refractivity contribution in [1.82, 2.24) is 0 Å². The Morgan fingerprint density at radius 1 is 1.27 bits per heavy atom. The van der Waals surface area contributed by atoms with Crippen molar-refractivity contribution in [2.75, 3.05) is 0 Å². The molecule has 0 aromatic heterocycles. The molecule has 84 valence electrons. The number of hydrogen-bond acceptors (Lipinski definition) is 1. The molecule has 15 heavy (non-hydrogen) atoms. The molecule has 1 rings (SSSR count). The summed E-state index contributed by atoms with van der Waals surface area (Å²) in [6.45, 7) is 3.62. The van der Waals surface area contributed by atoms with Gasteiger partial charge in [0.25, 0.3) is 0 Å². The minimum atomic E-state index is -4.65. The molecule has 0 heterocycles. The van der Waals surface area contributed by atoms with E-state index in [-0.39, 0.29) is 11.7 Å². The van der Waals surface area contributed by atoms with Gasteiger partial charge >= 0.3 is 6.36 Å². The highest BCUT2D eigenvalue weighted by Gasteiger charge is 2.32. The predicted octanol–water partition coefficient (Wildman–Crippen LogP) is 4.47. The van der Waals surface area contributed by atoms with Crippen LogP contribution in [0, 0.1) is 0 Å². The Bertz CT molecular complexity index is 347. The molecule has 0 saturated heterocycles. The minimum Gasteiger partial charge on any atom is -0.405 e. The number of halogens is 4. The molecule has 5 heteroatoms. The van der Waals surface area contributed by atoms with Gasteiger partial charge in [0.2, 0.25) is 0 Å². The summed E-state index contributed by atoms with van der Waals surface area (Å²) < 4.78 is 40.7. The van der Waals surface area contributed by atoms with E-state index in [1.807, 2.05) is 13.8 Å². The average molecular weight is 283 g/mol. The topological polar surface area (TPSA) is 9.23 Å². The summed E-state index contributed by atoms with van der Waals surface area (Å²) in [6, 6.07) is 4.64. The molecule has 0 radical (unpaired) electrons. The Kier molecular flexibility index (Phi) is 3.65. The molecule has 0 bridgehead atoms. The Morgan fingerprint density at radius 3 is 2.33 bits per heavy atom. The highest BCUT2D eigenvalue weighted by atomic mass is 79.9. The van der Waals surface area contributed by atoms with E-state index in [4.69, 9.17) is 0 Å². The molecule has 0 aliphatic rings. The lowest BCUT2D eigenvalue weighted by Gasteiger charge is -2.15. The summed E-state index contributed by atoms with van der Waals surface area (Å²) in [7, 11) is 0. The van der Waals surface area contributed by atoms with Gasteiger partial charge in [-0.1, -0.05) is 35.8 Å². The van der Waals surface area contributed by atoms with E-state index >= 15 is 0 Å². The van der Waals surface area contributed by atoms with Gasteiger partial charge in [0.1, 0.15) is 5.75 Å². The fraction of sp³-hybridized carbons (Fsp3) is 0.400. The molecular formula is C10H10BrF3O. The molecule has 0 N–H and O–H groups in total. The van der Waals surface area contributed by atoms with E-state index in [9.17, 15) is 13.2 Å². The zero-order valence-corrected chi connectivity index (χ0v) is 9.82. The summed E-state index contributed by atoms with van der Waals surface area (Å²) in [5.74, 6) is -0.165. The highest BCUT2D eigenvalue weighted by Crippen LogP contribution is 2.33. The monoisotopic (exact) mass is 282 g/mol. The van der Waals surface area contributed by atoms with Crippen LogP contribution in [0.4, 0.5) is 13.2 Å². The van der Waals surface area contributed by atoms with Gasteiger partial charge in [0.15, 0.2) is 0 Å². The lowest BCUT2D eigenvalue weighted by atomic mass is 10.0. The van der Waals surface area contributed by atoms with Crippen LogP contribution in [0.3, 0.4) is 0 Å². The summed E-state index contributed by atoms with van der Waals surface area (Å²) in [5, 5.41) is 0. The first-order valence-corrected chi connectivity index (χ1v) is 5.14. The van der Waals surface area contributed by atoms with Gasteiger partial charge in [-0.25, -0.2) is 0 Å². The predicted molar refractivity (Wildman–Crippen MR) is 54.9 cm³/mol. The van der Waals surface area contributed by atoms with E-state index < -0.39 is 6.36 Å². The standard InChI is InChI=1S/C10H10BrF3O/c1-6(2)8-4-3-7(11)5-9(8)15-10(12,13)14/h3-6H,1-2H3. The van der Waals surface area contributed by atoms with Crippen molar-refractivity contribution in [3.05, 3.63) is 28.2 Å². The number of ether oxygens (including phenoxy) is 1. The Hall–Kier alpha value is -0.710. The molecule has 0 saturated carbocycles. The van der Waals surface area contributed by atoms with Crippen LogP contribution in [-0.4, -0.2) is 6.36 Å². The first-order valence-electron chi connectivity index (χ1n) is 4.35. The van der Waals surface area contributed by atoms with E-state index in [0.717, 1.165) is 0 Å². The molecule has 1 aromatic rings. The van der Waals surface area contributed by atoms with Crippen LogP contribution in [0.1, 0.15) is 25.3 Å². The van der Waals surface area contributed by atoms with Crippen LogP contribution >= 0.6 is 15.9 Å². The van der Waals surface area contributed by atoms with Crippen LogP contribution in [0.15, 0.2) is 22.7 Å². The molecule has 0 amide bonds. The van der Waals surface area contributed by atoms with Gasteiger partial charge in [-0.15, -0.1) is 13.2 Å². The molecule has 0 aliphatic heterocycles. The van der Waals surface area contributed by atoms with Crippen LogP contribution in [0.25, 0.3) is 0 Å². The molecule has 1 aromatic carbocycles. The zero-order chi connectivity index (χ0) is 11.6. The maximum absolute atomic E-state index is 12.1. The summed E-state index contributed by atoms with van der Waals surface area (Å²) >= 11 is 3.11. The smallest absolute Gasteiger partial charge is 0.405 e. The number of hydrogen-bond donors (Lipinski definition) is 0. The SMILES string of the molecule is CC(C)c1ccc(Br)cc1OC(F)(F)F. The number of rotatable bonds is 2. The molecule has 0 spiro atoms. The zero-order valence-electron chi connectivity index (χ0n) is 8.23. The Balaban J connectivity index is 3.08. The Morgan fingerprint density at radius 2 is 1.87 bits per heavy atom. The second-order valence-corrected chi connectivity index (χ2v) is 4.30. The third kappa shape index (κ3) is 3.74. The summed E-state index contributed by atoms with van der Waals surface area (Å²) in [4.78, 5) is 0. The van der Waals surface area contributed by atoms with Crippen LogP contribution < -0.4 is 4.74 Å². The first-order chi connectivity index (χ1) is 6.79. The van der Waals surface area contributed by atoms with Crippen LogP contribution in [0.5, 0.6) is 5.75 Å². The first kappa shape index (κ1) is 12.4. The van der Waals surface area contributed by atoms with Crippen molar-refractivity contribution in [3.63, 3.8) is 0 Å². The maximum atomic E-state index is 12.1. The third-order valence-corrected chi connectivity index (χ3v) is 2.32. The maximum Gasteiger partial charge on any atom is 0.573 e. The summed E-state index contributed by atoms with van der Waals surface area (Å²) in [6.07, 6.45) is -4.65. The van der Waals surface area contributed by atoms with E-state index in [1.54, 1.807) is 12.1 Å². The lowest BCUT2D eigenvalue weighted by Crippen LogP contribution is -2.18. The average Bonchev–Trinajstić information content (AvgIpc) is 1.99. The minimum absolute atomic E-state index is 0.0181. The van der Waals surface area contributed by atoms with Crippen molar-refractivity contribution in [1.29, 1.82) is 0 Å². The highest BCUT2D eigenvalue weighted by molar-refractivity contribution is 9.10. The van der Waals surface area contributed by atoms with Crippen molar-refractivity contribution >= 4 is 15.9 Å². The Labute approximate surface area is 94.4 Å². The van der Waals surface area contributed by atoms with Gasteiger partial charge in [-0.2, -0.15) is 0 Å². The van der Waals surface area contributed by atoms with Crippen molar-refractivity contribution < 1.29 is 17.9 Å². The molecule has 0 unspecified atom stereocenters. The van der Waals surface area contributed by atoms with Gasteiger partial charge in [0.05, 0.1) is 0 Å². The molecule has 0 fully saturated rings. The van der Waals surface area contributed by atoms with Gasteiger partial charge in [0, 0.05) is 4.47 Å². The number of benzene rings is 1. The second-order valence-electron chi connectivity index (χ2n) is 3.38. The molecule has 1 nitrogen and oxygen atoms in total. The van der Waals surface area contributed by atoms with Gasteiger partial charge < -0.3 is 4.74 Å². The normalized spacial score (nSPS) is 11.9. The van der Waals surface area contributed by atoms with Crippen molar-refractivity contribution in [3.8, 4) is 5.75 Å². The largest absolute Gasteiger partial charge is 0.573 e. The fourth-order valence-electron chi connectivity index (χ4n) is 1.20. The van der Waals surface area contributed by atoms with Crippen LogP contribution in [-0.2, 0) is 0 Å². The fourth-order valence-corrected chi connectivity index (χ4v) is 1.54.